The van der Waals surface area contributed by atoms with Gasteiger partial charge in [-0.05, 0) is 17.7 Å². The predicted octanol–water partition coefficient (Wildman–Crippen LogP) is 3.26. The van der Waals surface area contributed by atoms with Crippen molar-refractivity contribution in [3.8, 4) is 0 Å². The zero-order chi connectivity index (χ0) is 13.8. The van der Waals surface area contributed by atoms with Crippen molar-refractivity contribution < 1.29 is 9.53 Å². The van der Waals surface area contributed by atoms with Gasteiger partial charge in [0.1, 0.15) is 0 Å². The van der Waals surface area contributed by atoms with Crippen molar-refractivity contribution in [2.75, 3.05) is 7.11 Å². The Kier molecular flexibility index (Phi) is 4.66. The van der Waals surface area contributed by atoms with Crippen molar-refractivity contribution in [1.82, 2.24) is 9.78 Å². The second-order valence-electron chi connectivity index (χ2n) is 3.94. The molecule has 0 amide bonds. The molecule has 1 heterocycles. The molecule has 0 saturated heterocycles. The van der Waals surface area contributed by atoms with E-state index in [1.807, 2.05) is 25.5 Å². The van der Waals surface area contributed by atoms with Crippen LogP contribution in [0.15, 0.2) is 40.0 Å². The summed E-state index contributed by atoms with van der Waals surface area (Å²) < 4.78 is 7.37. The van der Waals surface area contributed by atoms with Crippen LogP contribution in [0.2, 0.25) is 0 Å². The minimum absolute atomic E-state index is 0.327. The summed E-state index contributed by atoms with van der Waals surface area (Å²) in [4.78, 5) is 12.5. The highest BCUT2D eigenvalue weighted by molar-refractivity contribution is 9.10. The molecule has 0 radical (unpaired) electrons. The van der Waals surface area contributed by atoms with Crippen LogP contribution in [0.4, 0.5) is 0 Å². The van der Waals surface area contributed by atoms with E-state index in [9.17, 15) is 4.79 Å². The largest absolute Gasteiger partial charge is 0.465 e. The fourth-order valence-electron chi connectivity index (χ4n) is 1.54. The summed E-state index contributed by atoms with van der Waals surface area (Å²) in [5, 5.41) is 4.12. The molecule has 2 rings (SSSR count). The number of esters is 1. The van der Waals surface area contributed by atoms with Gasteiger partial charge >= 0.3 is 5.97 Å². The SMILES string of the molecule is COC(=O)c1ccc(CSc2cnn(C)c2)c(Br)c1. The molecule has 0 aliphatic rings. The van der Waals surface area contributed by atoms with Gasteiger partial charge < -0.3 is 4.74 Å². The minimum atomic E-state index is -0.327. The Hall–Kier alpha value is -1.27. The van der Waals surface area contributed by atoms with Crippen LogP contribution in [0.3, 0.4) is 0 Å². The number of methoxy groups -OCH3 is 1. The van der Waals surface area contributed by atoms with E-state index in [0.717, 1.165) is 20.7 Å². The van der Waals surface area contributed by atoms with Crippen molar-refractivity contribution in [3.63, 3.8) is 0 Å². The Labute approximate surface area is 124 Å². The molecule has 4 nitrogen and oxygen atoms in total. The zero-order valence-corrected chi connectivity index (χ0v) is 13.0. The van der Waals surface area contributed by atoms with Crippen molar-refractivity contribution >= 4 is 33.7 Å². The highest BCUT2D eigenvalue weighted by Crippen LogP contribution is 2.27. The molecular formula is C13H13BrN2O2S. The van der Waals surface area contributed by atoms with Gasteiger partial charge in [-0.3, -0.25) is 4.68 Å². The average molecular weight is 341 g/mol. The molecule has 2 aromatic rings. The molecule has 6 heteroatoms. The van der Waals surface area contributed by atoms with Crippen LogP contribution < -0.4 is 0 Å². The standard InChI is InChI=1S/C13H13BrN2O2S/c1-16-7-11(6-15-16)19-8-10-4-3-9(5-12(10)14)13(17)18-2/h3-7H,8H2,1-2H3. The first-order valence-electron chi connectivity index (χ1n) is 5.58. The number of ether oxygens (including phenoxy) is 1. The van der Waals surface area contributed by atoms with E-state index in [1.165, 1.54) is 7.11 Å². The molecular weight excluding hydrogens is 328 g/mol. The summed E-state index contributed by atoms with van der Waals surface area (Å²) in [5.41, 5.74) is 1.67. The van der Waals surface area contributed by atoms with Crippen molar-refractivity contribution in [3.05, 3.63) is 46.2 Å². The molecule has 0 spiro atoms. The van der Waals surface area contributed by atoms with Gasteiger partial charge in [-0.1, -0.05) is 22.0 Å². The number of aromatic nitrogens is 2. The Balaban J connectivity index is 2.07. The highest BCUT2D eigenvalue weighted by atomic mass is 79.9. The van der Waals surface area contributed by atoms with E-state index in [2.05, 4.69) is 25.8 Å². The van der Waals surface area contributed by atoms with Gasteiger partial charge in [0.05, 0.1) is 18.9 Å². The molecule has 1 aromatic carbocycles. The number of hydrogen-bond donors (Lipinski definition) is 0. The van der Waals surface area contributed by atoms with Crippen LogP contribution in [0.25, 0.3) is 0 Å². The number of carbonyl (C=O) groups is 1. The molecule has 0 unspecified atom stereocenters. The lowest BCUT2D eigenvalue weighted by Crippen LogP contribution is -2.01. The van der Waals surface area contributed by atoms with E-state index in [1.54, 1.807) is 28.6 Å². The third-order valence-electron chi connectivity index (χ3n) is 2.55. The fourth-order valence-corrected chi connectivity index (χ4v) is 3.17. The maximum atomic E-state index is 11.4. The van der Waals surface area contributed by atoms with Crippen LogP contribution in [0.1, 0.15) is 15.9 Å². The lowest BCUT2D eigenvalue weighted by atomic mass is 10.1. The molecule has 100 valence electrons. The second-order valence-corrected chi connectivity index (χ2v) is 5.84. The number of nitrogens with zero attached hydrogens (tertiary/aromatic N) is 2. The number of carbonyl (C=O) groups excluding carboxylic acids is 1. The summed E-state index contributed by atoms with van der Waals surface area (Å²) >= 11 is 5.18. The summed E-state index contributed by atoms with van der Waals surface area (Å²) in [6.07, 6.45) is 3.81. The first-order valence-corrected chi connectivity index (χ1v) is 7.36. The highest BCUT2D eigenvalue weighted by Gasteiger charge is 2.09. The van der Waals surface area contributed by atoms with Crippen LogP contribution in [0, 0.1) is 0 Å². The van der Waals surface area contributed by atoms with Gasteiger partial charge in [0.2, 0.25) is 0 Å². The summed E-state index contributed by atoms with van der Waals surface area (Å²) in [7, 11) is 3.27. The normalized spacial score (nSPS) is 10.5. The van der Waals surface area contributed by atoms with Gasteiger partial charge in [-0.15, -0.1) is 11.8 Å². The molecule has 1 aromatic heterocycles. The quantitative estimate of drug-likeness (QED) is 0.632. The first kappa shape index (κ1) is 14.1. The Morgan fingerprint density at radius 2 is 2.32 bits per heavy atom. The van der Waals surface area contributed by atoms with Crippen molar-refractivity contribution in [1.29, 1.82) is 0 Å². The van der Waals surface area contributed by atoms with E-state index in [4.69, 9.17) is 0 Å². The fraction of sp³-hybridized carbons (Fsp3) is 0.231. The zero-order valence-electron chi connectivity index (χ0n) is 10.6. The van der Waals surface area contributed by atoms with Crippen LogP contribution in [-0.2, 0) is 17.5 Å². The molecule has 19 heavy (non-hydrogen) atoms. The van der Waals surface area contributed by atoms with Crippen LogP contribution >= 0.6 is 27.7 Å². The van der Waals surface area contributed by atoms with Gasteiger partial charge in [-0.2, -0.15) is 5.10 Å². The molecule has 0 atom stereocenters. The Morgan fingerprint density at radius 1 is 1.53 bits per heavy atom. The van der Waals surface area contributed by atoms with Gasteiger partial charge in [-0.25, -0.2) is 4.79 Å². The van der Waals surface area contributed by atoms with Crippen LogP contribution in [-0.4, -0.2) is 22.9 Å². The Bertz CT molecular complexity index is 598. The Morgan fingerprint density at radius 3 is 2.89 bits per heavy atom. The van der Waals surface area contributed by atoms with E-state index < -0.39 is 0 Å². The number of halogens is 1. The van der Waals surface area contributed by atoms with Gasteiger partial charge in [0.25, 0.3) is 0 Å². The predicted molar refractivity (Wildman–Crippen MR) is 78.3 cm³/mol. The smallest absolute Gasteiger partial charge is 0.337 e. The lowest BCUT2D eigenvalue weighted by molar-refractivity contribution is 0.0600. The average Bonchev–Trinajstić information content (AvgIpc) is 2.82. The van der Waals surface area contributed by atoms with Gasteiger partial charge in [0, 0.05) is 28.4 Å². The number of thioether (sulfide) groups is 1. The van der Waals surface area contributed by atoms with E-state index in [0.29, 0.717) is 5.56 Å². The molecule has 0 bridgehead atoms. The maximum Gasteiger partial charge on any atom is 0.337 e. The van der Waals surface area contributed by atoms with Crippen LogP contribution in [0.5, 0.6) is 0 Å². The second kappa shape index (κ2) is 6.25. The number of benzene rings is 1. The third-order valence-corrected chi connectivity index (χ3v) is 4.29. The minimum Gasteiger partial charge on any atom is -0.465 e. The first-order chi connectivity index (χ1) is 9.10. The van der Waals surface area contributed by atoms with E-state index >= 15 is 0 Å². The molecule has 0 fully saturated rings. The maximum absolute atomic E-state index is 11.4. The summed E-state index contributed by atoms with van der Waals surface area (Å²) in [6, 6.07) is 5.49. The monoisotopic (exact) mass is 340 g/mol. The molecule has 0 aliphatic carbocycles. The third kappa shape index (κ3) is 3.61. The number of hydrogen-bond acceptors (Lipinski definition) is 4. The lowest BCUT2D eigenvalue weighted by Gasteiger charge is -2.05. The van der Waals surface area contributed by atoms with E-state index in [-0.39, 0.29) is 5.97 Å². The summed E-state index contributed by atoms with van der Waals surface area (Å²) in [5.74, 6) is 0.487. The molecule has 0 N–H and O–H groups in total. The summed E-state index contributed by atoms with van der Waals surface area (Å²) in [6.45, 7) is 0. The number of aryl methyl sites for hydroxylation is 1. The van der Waals surface area contributed by atoms with Gasteiger partial charge in [0.15, 0.2) is 0 Å². The van der Waals surface area contributed by atoms with Crippen molar-refractivity contribution in [2.24, 2.45) is 7.05 Å². The topological polar surface area (TPSA) is 44.1 Å². The van der Waals surface area contributed by atoms with Crippen molar-refractivity contribution in [2.45, 2.75) is 10.6 Å². The number of rotatable bonds is 4. The molecule has 0 aliphatic heterocycles. The molecule has 0 saturated carbocycles.